The standard InChI is InChI=1S/C25H30N4O5/c1-3-12-28-21-6-4-5-7-22(21)29(25(28)32)17-24(31)34-18-23(30)27-15-13-26(14-16-27)19-8-10-20(33-2)11-9-19/h4-11H,3,12-18H2,1-2H3. The number of benzene rings is 2. The van der Waals surface area contributed by atoms with Crippen molar-refractivity contribution in [2.75, 3.05) is 44.8 Å². The first kappa shape index (κ1) is 23.4. The van der Waals surface area contributed by atoms with Crippen molar-refractivity contribution >= 4 is 28.6 Å². The number of hydrogen-bond donors (Lipinski definition) is 0. The van der Waals surface area contributed by atoms with E-state index >= 15 is 0 Å². The van der Waals surface area contributed by atoms with E-state index in [-0.39, 0.29) is 24.7 Å². The predicted molar refractivity (Wildman–Crippen MR) is 129 cm³/mol. The monoisotopic (exact) mass is 466 g/mol. The Balaban J connectivity index is 1.30. The number of piperazine rings is 1. The van der Waals surface area contributed by atoms with Crippen LogP contribution in [0.25, 0.3) is 11.0 Å². The highest BCUT2D eigenvalue weighted by atomic mass is 16.5. The van der Waals surface area contributed by atoms with Gasteiger partial charge in [0, 0.05) is 38.4 Å². The van der Waals surface area contributed by atoms with E-state index in [0.29, 0.717) is 38.2 Å². The van der Waals surface area contributed by atoms with Gasteiger partial charge in [-0.05, 0) is 42.8 Å². The van der Waals surface area contributed by atoms with Crippen molar-refractivity contribution in [1.29, 1.82) is 0 Å². The Labute approximate surface area is 198 Å². The highest BCUT2D eigenvalue weighted by molar-refractivity contribution is 5.82. The number of fused-ring (bicyclic) bond motifs is 1. The Kier molecular flexibility index (Phi) is 7.20. The highest BCUT2D eigenvalue weighted by Gasteiger charge is 2.23. The van der Waals surface area contributed by atoms with E-state index in [0.717, 1.165) is 23.4 Å². The van der Waals surface area contributed by atoms with Gasteiger partial charge in [0.25, 0.3) is 5.91 Å². The van der Waals surface area contributed by atoms with Gasteiger partial charge in [-0.2, -0.15) is 0 Å². The molecule has 9 heteroatoms. The summed E-state index contributed by atoms with van der Waals surface area (Å²) in [7, 11) is 1.63. The Morgan fingerprint density at radius 3 is 2.18 bits per heavy atom. The minimum absolute atomic E-state index is 0.228. The molecular formula is C25H30N4O5. The van der Waals surface area contributed by atoms with E-state index < -0.39 is 5.97 Å². The third-order valence-electron chi connectivity index (χ3n) is 6.09. The molecule has 0 bridgehead atoms. The second-order valence-electron chi connectivity index (χ2n) is 8.24. The van der Waals surface area contributed by atoms with Crippen molar-refractivity contribution < 1.29 is 19.1 Å². The predicted octanol–water partition coefficient (Wildman–Crippen LogP) is 2.11. The van der Waals surface area contributed by atoms with E-state index in [4.69, 9.17) is 9.47 Å². The molecule has 34 heavy (non-hydrogen) atoms. The Morgan fingerprint density at radius 2 is 1.56 bits per heavy atom. The van der Waals surface area contributed by atoms with E-state index in [1.807, 2.05) is 55.5 Å². The lowest BCUT2D eigenvalue weighted by molar-refractivity contribution is -0.152. The number of amides is 1. The average molecular weight is 467 g/mol. The third kappa shape index (κ3) is 4.93. The number of methoxy groups -OCH3 is 1. The second kappa shape index (κ2) is 10.5. The van der Waals surface area contributed by atoms with Gasteiger partial charge >= 0.3 is 11.7 Å². The number of carbonyl (C=O) groups is 2. The smallest absolute Gasteiger partial charge is 0.329 e. The first-order valence-corrected chi connectivity index (χ1v) is 11.5. The summed E-state index contributed by atoms with van der Waals surface area (Å²) in [6.07, 6.45) is 0.804. The van der Waals surface area contributed by atoms with Crippen LogP contribution in [0.4, 0.5) is 5.69 Å². The molecular weight excluding hydrogens is 436 g/mol. The number of aromatic nitrogens is 2. The summed E-state index contributed by atoms with van der Waals surface area (Å²) in [5.41, 5.74) is 2.29. The van der Waals surface area contributed by atoms with Crippen LogP contribution in [-0.2, 0) is 27.4 Å². The molecule has 3 aromatic rings. The van der Waals surface area contributed by atoms with E-state index in [1.54, 1.807) is 16.6 Å². The molecule has 1 aliphatic rings. The fraction of sp³-hybridized carbons (Fsp3) is 0.400. The van der Waals surface area contributed by atoms with Crippen LogP contribution >= 0.6 is 0 Å². The number of hydrogen-bond acceptors (Lipinski definition) is 6. The van der Waals surface area contributed by atoms with Gasteiger partial charge in [-0.1, -0.05) is 19.1 Å². The summed E-state index contributed by atoms with van der Waals surface area (Å²) in [5.74, 6) is -0.0354. The van der Waals surface area contributed by atoms with Crippen molar-refractivity contribution in [2.45, 2.75) is 26.4 Å². The number of anilines is 1. The van der Waals surface area contributed by atoms with Crippen molar-refractivity contribution in [2.24, 2.45) is 0 Å². The molecule has 0 saturated carbocycles. The number of carbonyl (C=O) groups excluding carboxylic acids is 2. The highest BCUT2D eigenvalue weighted by Crippen LogP contribution is 2.20. The number of nitrogens with zero attached hydrogens (tertiary/aromatic N) is 4. The molecule has 0 unspecified atom stereocenters. The molecule has 2 aromatic carbocycles. The maximum Gasteiger partial charge on any atom is 0.329 e. The molecule has 2 heterocycles. The van der Waals surface area contributed by atoms with Crippen LogP contribution in [-0.4, -0.2) is 65.8 Å². The summed E-state index contributed by atoms with van der Waals surface area (Å²) in [4.78, 5) is 41.8. The van der Waals surface area contributed by atoms with Crippen molar-refractivity contribution in [1.82, 2.24) is 14.0 Å². The van der Waals surface area contributed by atoms with E-state index in [9.17, 15) is 14.4 Å². The van der Waals surface area contributed by atoms with Crippen molar-refractivity contribution in [3.05, 3.63) is 59.0 Å². The molecule has 0 spiro atoms. The normalized spacial score (nSPS) is 13.8. The molecule has 1 amide bonds. The topological polar surface area (TPSA) is 86.0 Å². The lowest BCUT2D eigenvalue weighted by atomic mass is 10.2. The summed E-state index contributed by atoms with van der Waals surface area (Å²) >= 11 is 0. The lowest BCUT2D eigenvalue weighted by Crippen LogP contribution is -2.50. The molecule has 1 aromatic heterocycles. The number of esters is 1. The van der Waals surface area contributed by atoms with Gasteiger partial charge in [-0.3, -0.25) is 18.7 Å². The average Bonchev–Trinajstić information content (AvgIpc) is 3.13. The molecule has 1 saturated heterocycles. The molecule has 4 rings (SSSR count). The maximum absolute atomic E-state index is 12.8. The van der Waals surface area contributed by atoms with Gasteiger partial charge in [0.15, 0.2) is 6.61 Å². The molecule has 180 valence electrons. The molecule has 0 atom stereocenters. The number of rotatable bonds is 8. The quantitative estimate of drug-likeness (QED) is 0.473. The van der Waals surface area contributed by atoms with Crippen LogP contribution in [0, 0.1) is 0 Å². The zero-order valence-corrected chi connectivity index (χ0v) is 19.6. The van der Waals surface area contributed by atoms with Crippen LogP contribution in [0.3, 0.4) is 0 Å². The Morgan fingerprint density at radius 1 is 0.912 bits per heavy atom. The number of imidazole rings is 1. The molecule has 0 N–H and O–H groups in total. The van der Waals surface area contributed by atoms with Gasteiger partial charge < -0.3 is 19.3 Å². The first-order chi connectivity index (χ1) is 16.5. The summed E-state index contributed by atoms with van der Waals surface area (Å²) < 4.78 is 13.5. The maximum atomic E-state index is 12.8. The van der Waals surface area contributed by atoms with E-state index in [2.05, 4.69) is 4.90 Å². The Hall–Kier alpha value is -3.75. The van der Waals surface area contributed by atoms with Gasteiger partial charge in [0.2, 0.25) is 0 Å². The summed E-state index contributed by atoms with van der Waals surface area (Å²) in [5, 5.41) is 0. The third-order valence-corrected chi connectivity index (χ3v) is 6.09. The summed E-state index contributed by atoms with van der Waals surface area (Å²) in [6.45, 7) is 4.49. The fourth-order valence-corrected chi connectivity index (χ4v) is 4.28. The van der Waals surface area contributed by atoms with E-state index in [1.165, 1.54) is 4.57 Å². The zero-order chi connectivity index (χ0) is 24.1. The van der Waals surface area contributed by atoms with Crippen LogP contribution in [0.1, 0.15) is 13.3 Å². The summed E-state index contributed by atoms with van der Waals surface area (Å²) in [6, 6.07) is 15.2. The minimum atomic E-state index is -0.605. The number of aryl methyl sites for hydroxylation is 1. The Bertz CT molecular complexity index is 1210. The van der Waals surface area contributed by atoms with Crippen LogP contribution in [0.5, 0.6) is 5.75 Å². The number of ether oxygens (including phenoxy) is 2. The molecule has 0 radical (unpaired) electrons. The first-order valence-electron chi connectivity index (χ1n) is 11.5. The molecule has 0 aliphatic carbocycles. The SMILES string of the molecule is CCCn1c(=O)n(CC(=O)OCC(=O)N2CCN(c3ccc(OC)cc3)CC2)c2ccccc21. The van der Waals surface area contributed by atoms with Crippen LogP contribution < -0.4 is 15.3 Å². The zero-order valence-electron chi connectivity index (χ0n) is 19.6. The lowest BCUT2D eigenvalue weighted by Gasteiger charge is -2.36. The van der Waals surface area contributed by atoms with Gasteiger partial charge in [-0.15, -0.1) is 0 Å². The number of para-hydroxylation sites is 2. The van der Waals surface area contributed by atoms with Gasteiger partial charge in [0.05, 0.1) is 18.1 Å². The second-order valence-corrected chi connectivity index (χ2v) is 8.24. The van der Waals surface area contributed by atoms with Crippen LogP contribution in [0.2, 0.25) is 0 Å². The molecule has 9 nitrogen and oxygen atoms in total. The van der Waals surface area contributed by atoms with Crippen molar-refractivity contribution in [3.8, 4) is 5.75 Å². The van der Waals surface area contributed by atoms with Gasteiger partial charge in [-0.25, -0.2) is 4.79 Å². The van der Waals surface area contributed by atoms with Gasteiger partial charge in [0.1, 0.15) is 12.3 Å². The van der Waals surface area contributed by atoms with Crippen molar-refractivity contribution in [3.63, 3.8) is 0 Å². The molecule has 1 aliphatic heterocycles. The molecule has 1 fully saturated rings. The van der Waals surface area contributed by atoms with Crippen LogP contribution in [0.15, 0.2) is 53.3 Å². The minimum Gasteiger partial charge on any atom is -0.497 e. The largest absolute Gasteiger partial charge is 0.497 e. The fourth-order valence-electron chi connectivity index (χ4n) is 4.28.